The first-order chi connectivity index (χ1) is 9.24. The van der Waals surface area contributed by atoms with Crippen molar-refractivity contribution < 1.29 is 5.11 Å². The van der Waals surface area contributed by atoms with Crippen LogP contribution >= 0.6 is 11.8 Å². The molecule has 96 valence electrons. The Bertz CT molecular complexity index is 691. The number of fused-ring (bicyclic) bond motifs is 1. The molecule has 2 N–H and O–H groups in total. The number of imidazole rings is 1. The van der Waals surface area contributed by atoms with Crippen LogP contribution in [0, 0.1) is 6.92 Å². The van der Waals surface area contributed by atoms with Gasteiger partial charge in [0.1, 0.15) is 5.75 Å². The fourth-order valence-corrected chi connectivity index (χ4v) is 2.76. The van der Waals surface area contributed by atoms with Crippen LogP contribution in [0.15, 0.2) is 41.7 Å². The van der Waals surface area contributed by atoms with Gasteiger partial charge in [0.2, 0.25) is 0 Å². The van der Waals surface area contributed by atoms with Gasteiger partial charge >= 0.3 is 0 Å². The van der Waals surface area contributed by atoms with E-state index in [-0.39, 0.29) is 5.75 Å². The second-order valence-corrected chi connectivity index (χ2v) is 5.21. The topological polar surface area (TPSA) is 61.8 Å². The number of nitrogens with one attached hydrogen (secondary N) is 1. The van der Waals surface area contributed by atoms with Crippen molar-refractivity contribution in [3.63, 3.8) is 0 Å². The molecule has 0 atom stereocenters. The third-order valence-corrected chi connectivity index (χ3v) is 3.88. The maximum atomic E-state index is 9.64. The lowest BCUT2D eigenvalue weighted by molar-refractivity contribution is 0.469. The maximum Gasteiger partial charge on any atom is 0.166 e. The molecule has 0 saturated carbocycles. The van der Waals surface area contributed by atoms with Gasteiger partial charge in [-0.25, -0.2) is 4.98 Å². The minimum Gasteiger partial charge on any atom is -0.508 e. The highest BCUT2D eigenvalue weighted by atomic mass is 32.2. The summed E-state index contributed by atoms with van der Waals surface area (Å²) in [5.74, 6) is 0.968. The van der Waals surface area contributed by atoms with E-state index in [9.17, 15) is 5.11 Å². The highest BCUT2D eigenvalue weighted by molar-refractivity contribution is 7.98. The van der Waals surface area contributed by atoms with Gasteiger partial charge in [-0.3, -0.25) is 4.98 Å². The molecule has 0 fully saturated rings. The Kier molecular flexibility index (Phi) is 3.13. The first-order valence-electron chi connectivity index (χ1n) is 5.95. The molecule has 0 bridgehead atoms. The minimum atomic E-state index is 0.287. The van der Waals surface area contributed by atoms with E-state index in [0.29, 0.717) is 5.75 Å². The summed E-state index contributed by atoms with van der Waals surface area (Å²) in [4.78, 5) is 12.0. The third kappa shape index (κ3) is 2.42. The van der Waals surface area contributed by atoms with Gasteiger partial charge in [-0.2, -0.15) is 0 Å². The van der Waals surface area contributed by atoms with Gasteiger partial charge in [-0.15, -0.1) is 0 Å². The van der Waals surface area contributed by atoms with Crippen LogP contribution in [0.4, 0.5) is 0 Å². The molecular weight excluding hydrogens is 258 g/mol. The third-order valence-electron chi connectivity index (χ3n) is 2.99. The van der Waals surface area contributed by atoms with E-state index in [2.05, 4.69) is 15.0 Å². The second-order valence-electron chi connectivity index (χ2n) is 4.25. The molecule has 3 rings (SSSR count). The number of aromatic nitrogens is 3. The number of benzene rings is 1. The summed E-state index contributed by atoms with van der Waals surface area (Å²) in [5.41, 5.74) is 3.70. The molecule has 2 aromatic heterocycles. The molecular formula is C14H13N3OS. The van der Waals surface area contributed by atoms with Gasteiger partial charge in [0.15, 0.2) is 5.16 Å². The van der Waals surface area contributed by atoms with Gasteiger partial charge in [0, 0.05) is 17.5 Å². The summed E-state index contributed by atoms with van der Waals surface area (Å²) >= 11 is 1.58. The van der Waals surface area contributed by atoms with E-state index in [1.165, 1.54) is 0 Å². The lowest BCUT2D eigenvalue weighted by atomic mass is 10.2. The molecule has 0 amide bonds. The Labute approximate surface area is 114 Å². The van der Waals surface area contributed by atoms with Gasteiger partial charge < -0.3 is 10.1 Å². The predicted molar refractivity (Wildman–Crippen MR) is 76.3 cm³/mol. The normalized spacial score (nSPS) is 11.0. The average Bonchev–Trinajstić information content (AvgIpc) is 2.83. The number of pyridine rings is 1. The Hall–Kier alpha value is -2.01. The Morgan fingerprint density at radius 2 is 2.11 bits per heavy atom. The lowest BCUT2D eigenvalue weighted by Crippen LogP contribution is -1.91. The molecule has 3 aromatic rings. The molecule has 19 heavy (non-hydrogen) atoms. The number of nitrogens with zero attached hydrogens (tertiary/aromatic N) is 2. The Balaban J connectivity index is 1.80. The molecule has 4 nitrogen and oxygen atoms in total. The number of aromatic hydroxyl groups is 1. The molecule has 0 spiro atoms. The Morgan fingerprint density at radius 1 is 1.26 bits per heavy atom. The van der Waals surface area contributed by atoms with Crippen LogP contribution in [0.5, 0.6) is 5.75 Å². The SMILES string of the molecule is Cc1c(O)ccnc1CSc1nc2ccccc2[nH]1. The van der Waals surface area contributed by atoms with Crippen LogP contribution in [0.3, 0.4) is 0 Å². The molecule has 0 saturated heterocycles. The zero-order chi connectivity index (χ0) is 13.2. The maximum absolute atomic E-state index is 9.64. The standard InChI is InChI=1S/C14H13N3OS/c1-9-12(15-7-6-13(9)18)8-19-14-16-10-4-2-3-5-11(10)17-14/h2-7H,8H2,1H3,(H,15,18)(H,16,17). The number of H-pyrrole nitrogens is 1. The summed E-state index contributed by atoms with van der Waals surface area (Å²) in [5, 5.41) is 10.5. The lowest BCUT2D eigenvalue weighted by Gasteiger charge is -2.04. The highest BCUT2D eigenvalue weighted by Crippen LogP contribution is 2.26. The van der Waals surface area contributed by atoms with Gasteiger partial charge in [-0.1, -0.05) is 23.9 Å². The highest BCUT2D eigenvalue weighted by Gasteiger charge is 2.07. The predicted octanol–water partition coefficient (Wildman–Crippen LogP) is 3.26. The van der Waals surface area contributed by atoms with Crippen LogP contribution in [-0.2, 0) is 5.75 Å². The van der Waals surface area contributed by atoms with E-state index >= 15 is 0 Å². The summed E-state index contributed by atoms with van der Waals surface area (Å²) in [6.07, 6.45) is 1.62. The number of hydrogen-bond donors (Lipinski definition) is 2. The fraction of sp³-hybridized carbons (Fsp3) is 0.143. The van der Waals surface area contributed by atoms with Crippen molar-refractivity contribution in [1.29, 1.82) is 0 Å². The fourth-order valence-electron chi connectivity index (χ4n) is 1.85. The summed E-state index contributed by atoms with van der Waals surface area (Å²) in [6.45, 7) is 1.87. The number of aromatic amines is 1. The first-order valence-corrected chi connectivity index (χ1v) is 6.93. The van der Waals surface area contributed by atoms with E-state index in [4.69, 9.17) is 0 Å². The monoisotopic (exact) mass is 271 g/mol. The summed E-state index contributed by atoms with van der Waals surface area (Å²) < 4.78 is 0. The van der Waals surface area contributed by atoms with E-state index < -0.39 is 0 Å². The van der Waals surface area contributed by atoms with Gasteiger partial charge in [-0.05, 0) is 25.1 Å². The minimum absolute atomic E-state index is 0.287. The average molecular weight is 271 g/mol. The summed E-state index contributed by atoms with van der Waals surface area (Å²) in [6, 6.07) is 9.54. The summed E-state index contributed by atoms with van der Waals surface area (Å²) in [7, 11) is 0. The van der Waals surface area contributed by atoms with Crippen molar-refractivity contribution in [3.8, 4) is 5.75 Å². The molecule has 1 aromatic carbocycles. The van der Waals surface area contributed by atoms with Gasteiger partial charge in [0.05, 0.1) is 16.7 Å². The van der Waals surface area contributed by atoms with Crippen LogP contribution in [0.2, 0.25) is 0 Å². The van der Waals surface area contributed by atoms with Crippen molar-refractivity contribution in [2.45, 2.75) is 17.8 Å². The van der Waals surface area contributed by atoms with Crippen molar-refractivity contribution >= 4 is 22.8 Å². The molecule has 0 aliphatic rings. The number of para-hydroxylation sites is 2. The van der Waals surface area contributed by atoms with Crippen molar-refractivity contribution in [2.75, 3.05) is 0 Å². The van der Waals surface area contributed by atoms with Gasteiger partial charge in [0.25, 0.3) is 0 Å². The molecule has 0 aliphatic carbocycles. The molecule has 0 radical (unpaired) electrons. The zero-order valence-electron chi connectivity index (χ0n) is 10.4. The smallest absolute Gasteiger partial charge is 0.166 e. The van der Waals surface area contributed by atoms with Crippen molar-refractivity contribution in [2.24, 2.45) is 0 Å². The molecule has 0 unspecified atom stereocenters. The van der Waals surface area contributed by atoms with E-state index in [1.807, 2.05) is 31.2 Å². The van der Waals surface area contributed by atoms with Crippen LogP contribution in [0.1, 0.15) is 11.3 Å². The van der Waals surface area contributed by atoms with E-state index in [1.54, 1.807) is 24.0 Å². The molecule has 0 aliphatic heterocycles. The number of thioether (sulfide) groups is 1. The zero-order valence-corrected chi connectivity index (χ0v) is 11.2. The van der Waals surface area contributed by atoms with Crippen LogP contribution in [-0.4, -0.2) is 20.1 Å². The number of rotatable bonds is 3. The molecule has 5 heteroatoms. The second kappa shape index (κ2) is 4.93. The molecule has 2 heterocycles. The largest absolute Gasteiger partial charge is 0.508 e. The van der Waals surface area contributed by atoms with Crippen molar-refractivity contribution in [3.05, 3.63) is 47.8 Å². The van der Waals surface area contributed by atoms with Crippen LogP contribution < -0.4 is 0 Å². The first kappa shape index (κ1) is 12.0. The quantitative estimate of drug-likeness (QED) is 0.718. The van der Waals surface area contributed by atoms with E-state index in [0.717, 1.165) is 27.4 Å². The van der Waals surface area contributed by atoms with Crippen molar-refractivity contribution in [1.82, 2.24) is 15.0 Å². The van der Waals surface area contributed by atoms with Crippen LogP contribution in [0.25, 0.3) is 11.0 Å². The Morgan fingerprint density at radius 3 is 2.95 bits per heavy atom. The number of hydrogen-bond acceptors (Lipinski definition) is 4.